The van der Waals surface area contributed by atoms with Gasteiger partial charge < -0.3 is 15.4 Å². The summed E-state index contributed by atoms with van der Waals surface area (Å²) in [6.07, 6.45) is 4.09. The number of anilines is 1. The molecule has 0 fully saturated rings. The Labute approximate surface area is 140 Å². The van der Waals surface area contributed by atoms with Gasteiger partial charge in [-0.3, -0.25) is 14.6 Å². The Balaban J connectivity index is 1.42. The van der Waals surface area contributed by atoms with E-state index in [0.717, 1.165) is 11.3 Å². The minimum atomic E-state index is -0.221. The molecule has 0 spiro atoms. The molecule has 1 aliphatic heterocycles. The zero-order valence-electron chi connectivity index (χ0n) is 13.2. The van der Waals surface area contributed by atoms with Crippen molar-refractivity contribution in [2.45, 2.75) is 12.8 Å². The molecule has 3 rings (SSSR count). The fourth-order valence-corrected chi connectivity index (χ4v) is 2.60. The minimum absolute atomic E-state index is 0.0846. The van der Waals surface area contributed by atoms with Crippen molar-refractivity contribution in [1.29, 1.82) is 0 Å². The number of benzene rings is 1. The van der Waals surface area contributed by atoms with E-state index in [9.17, 15) is 9.59 Å². The number of nitrogens with zero attached hydrogens (tertiary/aromatic N) is 1. The molecule has 0 radical (unpaired) electrons. The van der Waals surface area contributed by atoms with Crippen LogP contribution >= 0.6 is 0 Å². The van der Waals surface area contributed by atoms with Crippen LogP contribution in [0, 0.1) is 5.92 Å². The summed E-state index contributed by atoms with van der Waals surface area (Å²) in [4.78, 5) is 28.0. The summed E-state index contributed by atoms with van der Waals surface area (Å²) >= 11 is 0. The average molecular weight is 325 g/mol. The van der Waals surface area contributed by atoms with Gasteiger partial charge in [-0.2, -0.15) is 0 Å². The second kappa shape index (κ2) is 7.59. The highest BCUT2D eigenvalue weighted by Gasteiger charge is 2.25. The zero-order valence-corrected chi connectivity index (χ0v) is 13.2. The monoisotopic (exact) mass is 325 g/mol. The number of aromatic nitrogens is 1. The quantitative estimate of drug-likeness (QED) is 0.878. The summed E-state index contributed by atoms with van der Waals surface area (Å²) in [7, 11) is 0. The van der Waals surface area contributed by atoms with Gasteiger partial charge in [-0.05, 0) is 30.2 Å². The van der Waals surface area contributed by atoms with Crippen LogP contribution in [0.2, 0.25) is 0 Å². The van der Waals surface area contributed by atoms with Crippen molar-refractivity contribution in [2.24, 2.45) is 5.92 Å². The largest absolute Gasteiger partial charge is 0.492 e. The predicted octanol–water partition coefficient (Wildman–Crippen LogP) is 1.78. The third-order valence-electron chi connectivity index (χ3n) is 3.85. The number of amides is 2. The normalized spacial score (nSPS) is 15.8. The van der Waals surface area contributed by atoms with Crippen molar-refractivity contribution in [3.63, 3.8) is 0 Å². The van der Waals surface area contributed by atoms with Gasteiger partial charge in [-0.15, -0.1) is 0 Å². The molecule has 0 aliphatic carbocycles. The molecule has 0 saturated carbocycles. The molecule has 6 heteroatoms. The van der Waals surface area contributed by atoms with Crippen LogP contribution in [-0.2, 0) is 16.0 Å². The minimum Gasteiger partial charge on any atom is -0.492 e. The number of fused-ring (bicyclic) bond motifs is 1. The van der Waals surface area contributed by atoms with E-state index in [1.54, 1.807) is 24.5 Å². The van der Waals surface area contributed by atoms with Gasteiger partial charge in [0.2, 0.25) is 11.8 Å². The summed E-state index contributed by atoms with van der Waals surface area (Å²) in [5, 5.41) is 5.54. The second-order valence-electron chi connectivity index (χ2n) is 5.65. The van der Waals surface area contributed by atoms with Gasteiger partial charge in [0.25, 0.3) is 0 Å². The second-order valence-corrected chi connectivity index (χ2v) is 5.65. The van der Waals surface area contributed by atoms with Crippen molar-refractivity contribution in [1.82, 2.24) is 10.3 Å². The van der Waals surface area contributed by atoms with Crippen LogP contribution in [0.5, 0.6) is 5.75 Å². The summed E-state index contributed by atoms with van der Waals surface area (Å²) < 4.78 is 5.62. The predicted molar refractivity (Wildman–Crippen MR) is 89.6 cm³/mol. The van der Waals surface area contributed by atoms with Crippen LogP contribution in [0.1, 0.15) is 12.0 Å². The van der Waals surface area contributed by atoms with Crippen molar-refractivity contribution < 1.29 is 14.3 Å². The Bertz CT molecular complexity index is 718. The first kappa shape index (κ1) is 16.0. The number of ether oxygens (including phenoxy) is 1. The lowest BCUT2D eigenvalue weighted by Gasteiger charge is -2.24. The summed E-state index contributed by atoms with van der Waals surface area (Å²) in [6.45, 7) is 0.661. The smallest absolute Gasteiger partial charge is 0.226 e. The van der Waals surface area contributed by atoms with E-state index in [0.29, 0.717) is 25.3 Å². The van der Waals surface area contributed by atoms with Gasteiger partial charge in [0.15, 0.2) is 0 Å². The van der Waals surface area contributed by atoms with E-state index in [4.69, 9.17) is 4.74 Å². The molecule has 0 bridgehead atoms. The molecule has 2 N–H and O–H groups in total. The van der Waals surface area contributed by atoms with Gasteiger partial charge in [-0.25, -0.2) is 0 Å². The molecule has 124 valence electrons. The van der Waals surface area contributed by atoms with Gasteiger partial charge >= 0.3 is 0 Å². The van der Waals surface area contributed by atoms with Crippen molar-refractivity contribution in [2.75, 3.05) is 18.5 Å². The van der Waals surface area contributed by atoms with Crippen LogP contribution in [-0.4, -0.2) is 29.9 Å². The number of carbonyl (C=O) groups is 2. The van der Waals surface area contributed by atoms with E-state index < -0.39 is 0 Å². The Morgan fingerprint density at radius 1 is 1.21 bits per heavy atom. The molecule has 24 heavy (non-hydrogen) atoms. The lowest BCUT2D eigenvalue weighted by molar-refractivity contribution is -0.126. The van der Waals surface area contributed by atoms with Crippen molar-refractivity contribution in [3.8, 4) is 5.75 Å². The molecule has 2 aromatic rings. The molecule has 1 aliphatic rings. The first-order valence-corrected chi connectivity index (χ1v) is 7.90. The first-order valence-electron chi connectivity index (χ1n) is 7.90. The maximum Gasteiger partial charge on any atom is 0.226 e. The van der Waals surface area contributed by atoms with Gasteiger partial charge in [0.05, 0.1) is 17.8 Å². The highest BCUT2D eigenvalue weighted by molar-refractivity contribution is 5.91. The third kappa shape index (κ3) is 4.10. The number of rotatable bonds is 5. The fourth-order valence-electron chi connectivity index (χ4n) is 2.60. The maximum absolute atomic E-state index is 12.2. The molecule has 1 aromatic carbocycles. The van der Waals surface area contributed by atoms with Crippen LogP contribution in [0.3, 0.4) is 0 Å². The Kier molecular flexibility index (Phi) is 5.05. The number of para-hydroxylation sites is 1. The Hall–Kier alpha value is -2.89. The third-order valence-corrected chi connectivity index (χ3v) is 3.85. The molecule has 2 heterocycles. The van der Waals surface area contributed by atoms with E-state index >= 15 is 0 Å². The first-order chi connectivity index (χ1) is 11.7. The summed E-state index contributed by atoms with van der Waals surface area (Å²) in [5.74, 6) is 0.380. The molecule has 2 amide bonds. The average Bonchev–Trinajstić information content (AvgIpc) is 2.62. The van der Waals surface area contributed by atoms with Gasteiger partial charge in [-0.1, -0.05) is 18.2 Å². The van der Waals surface area contributed by atoms with Gasteiger partial charge in [0, 0.05) is 19.2 Å². The highest BCUT2D eigenvalue weighted by Crippen LogP contribution is 2.26. The number of pyridine rings is 1. The molecule has 1 atom stereocenters. The van der Waals surface area contributed by atoms with E-state index in [1.165, 1.54) is 0 Å². The molecular formula is C18H19N3O3. The number of nitrogens with one attached hydrogen (secondary N) is 2. The van der Waals surface area contributed by atoms with Gasteiger partial charge in [0.1, 0.15) is 12.4 Å². The SMILES string of the molecule is O=C(CCNC(=O)[C@H]1COc2ccccc2C1)Nc1cccnc1. The van der Waals surface area contributed by atoms with Crippen LogP contribution in [0.15, 0.2) is 48.8 Å². The lowest BCUT2D eigenvalue weighted by atomic mass is 9.96. The van der Waals surface area contributed by atoms with E-state index in [1.807, 2.05) is 24.3 Å². The number of hydrogen-bond donors (Lipinski definition) is 2. The molecule has 1 aromatic heterocycles. The van der Waals surface area contributed by atoms with Crippen molar-refractivity contribution >= 4 is 17.5 Å². The molecule has 6 nitrogen and oxygen atoms in total. The lowest BCUT2D eigenvalue weighted by Crippen LogP contribution is -2.38. The van der Waals surface area contributed by atoms with Crippen LogP contribution in [0.25, 0.3) is 0 Å². The molecule has 0 unspecified atom stereocenters. The number of hydrogen-bond acceptors (Lipinski definition) is 4. The topological polar surface area (TPSA) is 80.3 Å². The van der Waals surface area contributed by atoms with Crippen molar-refractivity contribution in [3.05, 3.63) is 54.4 Å². The zero-order chi connectivity index (χ0) is 16.8. The summed E-state index contributed by atoms with van der Waals surface area (Å²) in [5.41, 5.74) is 1.68. The number of carbonyl (C=O) groups excluding carboxylic acids is 2. The Morgan fingerprint density at radius 3 is 2.92 bits per heavy atom. The standard InChI is InChI=1S/C18H19N3O3/c22-17(21-15-5-3-8-19-11-15)7-9-20-18(23)14-10-13-4-1-2-6-16(13)24-12-14/h1-6,8,11,14H,7,9-10,12H2,(H,20,23)(H,21,22)/t14-/m1/s1. The van der Waals surface area contributed by atoms with E-state index in [-0.39, 0.29) is 24.2 Å². The van der Waals surface area contributed by atoms with Crippen LogP contribution in [0.4, 0.5) is 5.69 Å². The summed E-state index contributed by atoms with van der Waals surface area (Å²) in [6, 6.07) is 11.2. The van der Waals surface area contributed by atoms with Crippen LogP contribution < -0.4 is 15.4 Å². The van der Waals surface area contributed by atoms with E-state index in [2.05, 4.69) is 15.6 Å². The maximum atomic E-state index is 12.2. The molecule has 0 saturated heterocycles. The fraction of sp³-hybridized carbons (Fsp3) is 0.278. The Morgan fingerprint density at radius 2 is 2.08 bits per heavy atom. The molecular weight excluding hydrogens is 306 g/mol. The highest BCUT2D eigenvalue weighted by atomic mass is 16.5.